The number of benzene rings is 2. The van der Waals surface area contributed by atoms with Gasteiger partial charge in [-0.2, -0.15) is 0 Å². The van der Waals surface area contributed by atoms with Crippen LogP contribution >= 0.6 is 0 Å². The van der Waals surface area contributed by atoms with Crippen LogP contribution in [0.2, 0.25) is 0 Å². The number of hydrogen-bond donors (Lipinski definition) is 2. The van der Waals surface area contributed by atoms with Gasteiger partial charge in [0.05, 0.1) is 5.75 Å². The molecule has 106 valence electrons. The lowest BCUT2D eigenvalue weighted by Gasteiger charge is -2.07. The first-order valence-corrected chi connectivity index (χ1v) is 7.72. The summed E-state index contributed by atoms with van der Waals surface area (Å²) in [6, 6.07) is 13.2. The zero-order valence-corrected chi connectivity index (χ0v) is 11.5. The molecule has 0 aliphatic carbocycles. The van der Waals surface area contributed by atoms with Crippen molar-refractivity contribution in [2.45, 2.75) is 12.3 Å². The second kappa shape index (κ2) is 6.02. The summed E-state index contributed by atoms with van der Waals surface area (Å²) < 4.78 is 34.9. The number of halogens is 1. The lowest BCUT2D eigenvalue weighted by atomic mass is 10.2. The molecule has 0 fully saturated rings. The third-order valence-electron chi connectivity index (χ3n) is 2.71. The van der Waals surface area contributed by atoms with Crippen molar-refractivity contribution in [1.29, 1.82) is 0 Å². The van der Waals surface area contributed by atoms with Crippen molar-refractivity contribution < 1.29 is 12.8 Å². The maximum atomic E-state index is 13.0. The van der Waals surface area contributed by atoms with Gasteiger partial charge in [-0.3, -0.25) is 0 Å². The van der Waals surface area contributed by atoms with Crippen LogP contribution in [-0.4, -0.2) is 8.42 Å². The van der Waals surface area contributed by atoms with E-state index in [1.807, 2.05) is 6.07 Å². The Kier molecular flexibility index (Phi) is 4.36. The Balaban J connectivity index is 1.97. The zero-order valence-electron chi connectivity index (χ0n) is 10.7. The zero-order chi connectivity index (χ0) is 14.6. The van der Waals surface area contributed by atoms with E-state index >= 15 is 0 Å². The summed E-state index contributed by atoms with van der Waals surface area (Å²) in [5, 5.41) is 8.11. The molecular formula is C14H15FN2O2S. The van der Waals surface area contributed by atoms with Gasteiger partial charge < -0.3 is 5.32 Å². The SMILES string of the molecule is NS(=O)(=O)Cc1ccc(NCc2cccc(F)c2)cc1. The van der Waals surface area contributed by atoms with Crippen LogP contribution in [0.25, 0.3) is 0 Å². The van der Waals surface area contributed by atoms with E-state index in [9.17, 15) is 12.8 Å². The Hall–Kier alpha value is -1.92. The molecule has 0 radical (unpaired) electrons. The fraction of sp³-hybridized carbons (Fsp3) is 0.143. The van der Waals surface area contributed by atoms with Crippen LogP contribution in [0.3, 0.4) is 0 Å². The lowest BCUT2D eigenvalue weighted by molar-refractivity contribution is 0.597. The van der Waals surface area contributed by atoms with Gasteiger partial charge in [-0.25, -0.2) is 17.9 Å². The van der Waals surface area contributed by atoms with E-state index < -0.39 is 10.0 Å². The minimum Gasteiger partial charge on any atom is -0.381 e. The van der Waals surface area contributed by atoms with Crippen molar-refractivity contribution >= 4 is 15.7 Å². The van der Waals surface area contributed by atoms with Gasteiger partial charge in [0.1, 0.15) is 5.82 Å². The fourth-order valence-corrected chi connectivity index (χ4v) is 2.46. The number of nitrogens with one attached hydrogen (secondary N) is 1. The first-order valence-electron chi connectivity index (χ1n) is 6.00. The van der Waals surface area contributed by atoms with Crippen LogP contribution in [0.5, 0.6) is 0 Å². The summed E-state index contributed by atoms with van der Waals surface area (Å²) in [7, 11) is -3.51. The second-order valence-electron chi connectivity index (χ2n) is 4.49. The monoisotopic (exact) mass is 294 g/mol. The topological polar surface area (TPSA) is 72.2 Å². The van der Waals surface area contributed by atoms with Gasteiger partial charge in [0.25, 0.3) is 0 Å². The van der Waals surface area contributed by atoms with Crippen molar-refractivity contribution in [3.8, 4) is 0 Å². The summed E-state index contributed by atoms with van der Waals surface area (Å²) in [5.41, 5.74) is 2.29. The molecule has 4 nitrogen and oxygen atoms in total. The average Bonchev–Trinajstić information content (AvgIpc) is 2.36. The Morgan fingerprint density at radius 3 is 2.35 bits per heavy atom. The number of anilines is 1. The molecule has 20 heavy (non-hydrogen) atoms. The molecule has 2 rings (SSSR count). The highest BCUT2D eigenvalue weighted by Gasteiger charge is 2.04. The van der Waals surface area contributed by atoms with E-state index in [0.717, 1.165) is 11.3 Å². The molecule has 0 heterocycles. The van der Waals surface area contributed by atoms with E-state index in [4.69, 9.17) is 5.14 Å². The van der Waals surface area contributed by atoms with E-state index in [0.29, 0.717) is 12.1 Å². The number of sulfonamides is 1. The lowest BCUT2D eigenvalue weighted by Crippen LogP contribution is -2.14. The van der Waals surface area contributed by atoms with Gasteiger partial charge in [-0.15, -0.1) is 0 Å². The Morgan fingerprint density at radius 2 is 1.75 bits per heavy atom. The van der Waals surface area contributed by atoms with E-state index in [1.54, 1.807) is 30.3 Å². The predicted molar refractivity (Wildman–Crippen MR) is 77.0 cm³/mol. The van der Waals surface area contributed by atoms with Gasteiger partial charge >= 0.3 is 0 Å². The molecule has 0 bridgehead atoms. The van der Waals surface area contributed by atoms with Crippen LogP contribution in [0, 0.1) is 5.82 Å². The van der Waals surface area contributed by atoms with Crippen molar-refractivity contribution in [2.75, 3.05) is 5.32 Å². The number of nitrogens with two attached hydrogens (primary N) is 1. The molecule has 0 aliphatic rings. The minimum absolute atomic E-state index is 0.183. The average molecular weight is 294 g/mol. The summed E-state index contributed by atoms with van der Waals surface area (Å²) >= 11 is 0. The fourth-order valence-electron chi connectivity index (χ4n) is 1.80. The van der Waals surface area contributed by atoms with Crippen LogP contribution < -0.4 is 10.5 Å². The van der Waals surface area contributed by atoms with E-state index in [2.05, 4.69) is 5.32 Å². The van der Waals surface area contributed by atoms with Crippen LogP contribution in [0.4, 0.5) is 10.1 Å². The number of hydrogen-bond acceptors (Lipinski definition) is 3. The summed E-state index contributed by atoms with van der Waals surface area (Å²) in [6.07, 6.45) is 0. The Labute approximate surface area is 117 Å². The highest BCUT2D eigenvalue weighted by Crippen LogP contribution is 2.13. The third-order valence-corrected chi connectivity index (χ3v) is 3.44. The van der Waals surface area contributed by atoms with Crippen molar-refractivity contribution in [3.63, 3.8) is 0 Å². The van der Waals surface area contributed by atoms with E-state index in [-0.39, 0.29) is 11.6 Å². The molecule has 0 unspecified atom stereocenters. The third kappa shape index (κ3) is 4.64. The molecule has 0 atom stereocenters. The smallest absolute Gasteiger partial charge is 0.213 e. The predicted octanol–water partition coefficient (Wildman–Crippen LogP) is 2.23. The van der Waals surface area contributed by atoms with Gasteiger partial charge in [0.2, 0.25) is 10.0 Å². The maximum absolute atomic E-state index is 13.0. The maximum Gasteiger partial charge on any atom is 0.213 e. The Morgan fingerprint density at radius 1 is 1.05 bits per heavy atom. The molecule has 0 saturated heterocycles. The molecule has 2 aromatic rings. The summed E-state index contributed by atoms with van der Waals surface area (Å²) in [4.78, 5) is 0. The summed E-state index contributed by atoms with van der Waals surface area (Å²) in [6.45, 7) is 0.492. The molecule has 0 spiro atoms. The standard InChI is InChI=1S/C14H15FN2O2S/c15-13-3-1-2-12(8-13)9-17-14-6-4-11(5-7-14)10-20(16,18)19/h1-8,17H,9-10H2,(H2,16,18,19). The molecule has 6 heteroatoms. The molecule has 0 amide bonds. The Bertz CT molecular complexity index is 685. The molecule has 2 aromatic carbocycles. The minimum atomic E-state index is -3.51. The van der Waals surface area contributed by atoms with Gasteiger partial charge in [0.15, 0.2) is 0 Å². The normalized spacial score (nSPS) is 11.3. The van der Waals surface area contributed by atoms with Crippen LogP contribution in [0.15, 0.2) is 48.5 Å². The van der Waals surface area contributed by atoms with E-state index in [1.165, 1.54) is 12.1 Å². The van der Waals surface area contributed by atoms with Gasteiger partial charge in [-0.05, 0) is 35.4 Å². The highest BCUT2D eigenvalue weighted by atomic mass is 32.2. The quantitative estimate of drug-likeness (QED) is 0.888. The molecule has 0 aromatic heterocycles. The molecule has 0 saturated carbocycles. The first kappa shape index (κ1) is 14.5. The van der Waals surface area contributed by atoms with Crippen molar-refractivity contribution in [1.82, 2.24) is 0 Å². The first-order chi connectivity index (χ1) is 9.42. The largest absolute Gasteiger partial charge is 0.381 e. The highest BCUT2D eigenvalue weighted by molar-refractivity contribution is 7.88. The molecular weight excluding hydrogens is 279 g/mol. The van der Waals surface area contributed by atoms with Gasteiger partial charge in [0, 0.05) is 12.2 Å². The van der Waals surface area contributed by atoms with Gasteiger partial charge in [-0.1, -0.05) is 24.3 Å². The van der Waals surface area contributed by atoms with Crippen molar-refractivity contribution in [3.05, 3.63) is 65.5 Å². The molecule has 3 N–H and O–H groups in total. The summed E-state index contributed by atoms with van der Waals surface area (Å²) in [5.74, 6) is -0.454. The molecule has 0 aliphatic heterocycles. The number of rotatable bonds is 5. The van der Waals surface area contributed by atoms with Crippen LogP contribution in [-0.2, 0) is 22.3 Å². The van der Waals surface area contributed by atoms with Crippen molar-refractivity contribution in [2.24, 2.45) is 5.14 Å². The van der Waals surface area contributed by atoms with Crippen LogP contribution in [0.1, 0.15) is 11.1 Å². The second-order valence-corrected chi connectivity index (χ2v) is 6.10. The number of primary sulfonamides is 1.